The maximum absolute atomic E-state index is 13.7. The molecule has 1 aliphatic heterocycles. The summed E-state index contributed by atoms with van der Waals surface area (Å²) in [5, 5.41) is 39.3. The van der Waals surface area contributed by atoms with Crippen LogP contribution in [0.5, 0.6) is 0 Å². The molecule has 0 saturated heterocycles. The van der Waals surface area contributed by atoms with Crippen LogP contribution in [0.4, 0.5) is 17.6 Å². The molecule has 0 unspecified atom stereocenters. The predicted octanol–water partition coefficient (Wildman–Crippen LogP) is 1.81. The van der Waals surface area contributed by atoms with Gasteiger partial charge in [0.25, 0.3) is 5.70 Å². The Kier molecular flexibility index (Phi) is 6.19. The average Bonchev–Trinajstić information content (AvgIpc) is 2.45. The summed E-state index contributed by atoms with van der Waals surface area (Å²) in [7, 11) is 0. The van der Waals surface area contributed by atoms with Gasteiger partial charge in [-0.3, -0.25) is 20.2 Å². The lowest BCUT2D eigenvalue weighted by Gasteiger charge is -2.22. The van der Waals surface area contributed by atoms with E-state index in [2.05, 4.69) is 0 Å². The zero-order valence-electron chi connectivity index (χ0n) is 10.6. The molecule has 8 nitrogen and oxygen atoms in total. The molecule has 0 saturated carbocycles. The standard InChI is InChI=1S/C9H6F4I2N2O6/c10-8(11,1-18)3-4(14)5(16(20)21)6(9(12,13)2-19)15-7(3)17(22)23/h18-19H,1-2H2. The summed E-state index contributed by atoms with van der Waals surface area (Å²) >= 11 is -1.74. The van der Waals surface area contributed by atoms with Crippen molar-refractivity contribution in [1.29, 1.82) is 0 Å². The minimum Gasteiger partial charge on any atom is -0.390 e. The van der Waals surface area contributed by atoms with E-state index < -0.39 is 77.7 Å². The summed E-state index contributed by atoms with van der Waals surface area (Å²) < 4.78 is 51.2. The van der Waals surface area contributed by atoms with Gasteiger partial charge in [-0.2, -0.15) is 17.6 Å². The second-order valence-electron chi connectivity index (χ2n) is 3.98. The second-order valence-corrected chi connectivity index (χ2v) is 7.69. The third kappa shape index (κ3) is 3.85. The van der Waals surface area contributed by atoms with E-state index in [9.17, 15) is 37.8 Å². The van der Waals surface area contributed by atoms with Gasteiger partial charge in [0.2, 0.25) is 0 Å². The van der Waals surface area contributed by atoms with Crippen LogP contribution < -0.4 is 0 Å². The molecule has 0 spiro atoms. The number of aliphatic hydroxyl groups is 2. The molecule has 2 N–H and O–H groups in total. The number of nitrogens with zero attached hydrogens (tertiary/aromatic N) is 2. The average molecular weight is 568 g/mol. The van der Waals surface area contributed by atoms with E-state index in [1.54, 1.807) is 0 Å². The fourth-order valence-corrected chi connectivity index (χ4v) is 6.55. The Morgan fingerprint density at radius 3 is 1.87 bits per heavy atom. The highest BCUT2D eigenvalue weighted by atomic mass is 127. The van der Waals surface area contributed by atoms with Crippen LogP contribution in [-0.2, 0) is 0 Å². The Morgan fingerprint density at radius 1 is 1.04 bits per heavy atom. The van der Waals surface area contributed by atoms with Crippen molar-refractivity contribution in [3.05, 3.63) is 38.8 Å². The monoisotopic (exact) mass is 568 g/mol. The molecule has 0 aliphatic carbocycles. The molecule has 14 heteroatoms. The van der Waals surface area contributed by atoms with E-state index in [0.717, 1.165) is 22.6 Å². The summed E-state index contributed by atoms with van der Waals surface area (Å²) in [4.78, 5) is 19.3. The number of rotatable bonds is 6. The first-order valence-corrected chi connectivity index (χ1v) is 8.58. The molecule has 0 radical (unpaired) electrons. The van der Waals surface area contributed by atoms with Crippen molar-refractivity contribution in [1.82, 2.24) is 0 Å². The SMILES string of the molecule is O=[N+]([O-])C1=C(C(F)(F)CO)C(I)=C([N+](=O)[O-])C(C(F)(F)CO)=I1. The number of nitro groups is 2. The van der Waals surface area contributed by atoms with E-state index in [1.807, 2.05) is 0 Å². The first-order chi connectivity index (χ1) is 10.4. The van der Waals surface area contributed by atoms with E-state index in [0.29, 0.717) is 0 Å². The summed E-state index contributed by atoms with van der Waals surface area (Å²) in [6.45, 7) is -3.74. The summed E-state index contributed by atoms with van der Waals surface area (Å²) in [6, 6.07) is 0. The molecule has 1 heterocycles. The lowest BCUT2D eigenvalue weighted by molar-refractivity contribution is -0.417. The van der Waals surface area contributed by atoms with Crippen molar-refractivity contribution in [3.63, 3.8) is 0 Å². The fraction of sp³-hybridized carbons (Fsp3) is 0.444. The highest BCUT2D eigenvalue weighted by Crippen LogP contribution is 2.47. The third-order valence-electron chi connectivity index (χ3n) is 2.45. The van der Waals surface area contributed by atoms with Crippen molar-refractivity contribution < 1.29 is 37.6 Å². The van der Waals surface area contributed by atoms with E-state index >= 15 is 0 Å². The summed E-state index contributed by atoms with van der Waals surface area (Å²) in [5.74, 6) is -8.37. The van der Waals surface area contributed by atoms with Gasteiger partial charge in [0, 0.05) is 20.7 Å². The minimum atomic E-state index is -4.21. The first-order valence-electron chi connectivity index (χ1n) is 5.34. The highest BCUT2D eigenvalue weighted by molar-refractivity contribution is 14.2. The van der Waals surface area contributed by atoms with Crippen LogP contribution in [0, 0.1) is 20.2 Å². The number of halogens is 6. The molecule has 130 valence electrons. The van der Waals surface area contributed by atoms with Crippen LogP contribution >= 0.6 is 43.3 Å². The fourth-order valence-electron chi connectivity index (χ4n) is 1.48. The maximum Gasteiger partial charge on any atom is 0.309 e. The topological polar surface area (TPSA) is 127 Å². The quantitative estimate of drug-likeness (QED) is 0.166. The molecule has 0 aromatic heterocycles. The van der Waals surface area contributed by atoms with Gasteiger partial charge < -0.3 is 10.2 Å². The maximum atomic E-state index is 13.7. The normalized spacial score (nSPS) is 16.9. The van der Waals surface area contributed by atoms with Gasteiger partial charge in [0.1, 0.15) is 25.9 Å². The van der Waals surface area contributed by atoms with Gasteiger partial charge in [-0.05, 0) is 22.6 Å². The van der Waals surface area contributed by atoms with Crippen LogP contribution in [-0.4, -0.2) is 48.6 Å². The number of hydrogen-bond acceptors (Lipinski definition) is 6. The Balaban J connectivity index is 3.90. The molecule has 0 bridgehead atoms. The molecule has 0 aromatic carbocycles. The number of allylic oxidation sites excluding steroid dienone is 2. The van der Waals surface area contributed by atoms with Crippen molar-refractivity contribution in [2.45, 2.75) is 11.8 Å². The molecule has 0 fully saturated rings. The molecule has 1 aliphatic rings. The summed E-state index contributed by atoms with van der Waals surface area (Å²) in [5.41, 5.74) is -2.84. The molecule has 0 aromatic rings. The van der Waals surface area contributed by atoms with Gasteiger partial charge in [-0.15, -0.1) is 0 Å². The number of alkyl halides is 4. The van der Waals surface area contributed by atoms with Crippen LogP contribution in [0.25, 0.3) is 0 Å². The van der Waals surface area contributed by atoms with Crippen molar-refractivity contribution >= 4 is 46.8 Å². The third-order valence-corrected chi connectivity index (χ3v) is 6.79. The first kappa shape index (κ1) is 20.3. The van der Waals surface area contributed by atoms with Crippen LogP contribution in [0.2, 0.25) is 0 Å². The zero-order valence-corrected chi connectivity index (χ0v) is 14.9. The van der Waals surface area contributed by atoms with Crippen molar-refractivity contribution in [2.24, 2.45) is 0 Å². The lowest BCUT2D eigenvalue weighted by Crippen LogP contribution is -2.38. The predicted molar refractivity (Wildman–Crippen MR) is 85.2 cm³/mol. The molecular formula is C9H6F4I2N2O6. The minimum absolute atomic E-state index is 0.931. The Labute approximate surface area is 148 Å². The number of hydrogen-bond donors (Lipinski definition) is 2. The van der Waals surface area contributed by atoms with E-state index in [1.165, 1.54) is 0 Å². The van der Waals surface area contributed by atoms with Gasteiger partial charge in [0.15, 0.2) is 0 Å². The zero-order chi connectivity index (χ0) is 18.2. The smallest absolute Gasteiger partial charge is 0.309 e. The Bertz CT molecular complexity index is 660. The van der Waals surface area contributed by atoms with Crippen LogP contribution in [0.1, 0.15) is 0 Å². The second kappa shape index (κ2) is 7.01. The van der Waals surface area contributed by atoms with Gasteiger partial charge in [-0.25, -0.2) is 0 Å². The van der Waals surface area contributed by atoms with E-state index in [4.69, 9.17) is 10.2 Å². The Morgan fingerprint density at radius 2 is 1.52 bits per heavy atom. The molecule has 0 amide bonds. The lowest BCUT2D eigenvalue weighted by atomic mass is 10.1. The Hall–Kier alpha value is -0.750. The van der Waals surface area contributed by atoms with Crippen LogP contribution in [0.15, 0.2) is 18.6 Å². The molecule has 23 heavy (non-hydrogen) atoms. The van der Waals surface area contributed by atoms with E-state index in [-0.39, 0.29) is 0 Å². The van der Waals surface area contributed by atoms with Gasteiger partial charge in [-0.1, -0.05) is 0 Å². The highest BCUT2D eigenvalue weighted by Gasteiger charge is 2.53. The molecular weight excluding hydrogens is 562 g/mol. The van der Waals surface area contributed by atoms with Gasteiger partial charge in [0.05, 0.1) is 9.85 Å². The van der Waals surface area contributed by atoms with Crippen LogP contribution in [0.3, 0.4) is 0 Å². The number of aliphatic hydroxyl groups excluding tert-OH is 2. The summed E-state index contributed by atoms with van der Waals surface area (Å²) in [6.07, 6.45) is 0. The van der Waals surface area contributed by atoms with Crippen molar-refractivity contribution in [2.75, 3.05) is 13.2 Å². The molecule has 0 atom stereocenters. The molecule has 1 rings (SSSR count). The van der Waals surface area contributed by atoms with Gasteiger partial charge >= 0.3 is 15.5 Å². The van der Waals surface area contributed by atoms with Crippen molar-refractivity contribution in [3.8, 4) is 0 Å². The largest absolute Gasteiger partial charge is 0.390 e.